The van der Waals surface area contributed by atoms with Gasteiger partial charge in [-0.05, 0) is 18.6 Å². The number of aromatic nitrogens is 2. The number of aryl methyl sites for hydroxylation is 2. The maximum absolute atomic E-state index is 14.0. The third-order valence-electron chi connectivity index (χ3n) is 2.86. The van der Waals surface area contributed by atoms with Gasteiger partial charge in [-0.25, -0.2) is 8.78 Å². The Hall–Kier alpha value is -1.46. The van der Waals surface area contributed by atoms with Crippen LogP contribution in [0, 0.1) is 18.6 Å². The molecule has 0 amide bonds. The third kappa shape index (κ3) is 2.00. The molecule has 0 radical (unpaired) electrons. The molecule has 1 atom stereocenters. The molecule has 0 spiro atoms. The number of nitrogens with zero attached hydrogens (tertiary/aromatic N) is 2. The van der Waals surface area contributed by atoms with Crippen molar-refractivity contribution in [3.05, 3.63) is 51.8 Å². The Kier molecular flexibility index (Phi) is 3.36. The normalized spacial score (nSPS) is 12.8. The summed E-state index contributed by atoms with van der Waals surface area (Å²) in [6.07, 6.45) is 1.39. The Labute approximate surface area is 108 Å². The first kappa shape index (κ1) is 13.0. The van der Waals surface area contributed by atoms with Gasteiger partial charge in [0.25, 0.3) is 0 Å². The Morgan fingerprint density at radius 2 is 2.06 bits per heavy atom. The van der Waals surface area contributed by atoms with Crippen molar-refractivity contribution in [3.63, 3.8) is 0 Å². The first-order valence-electron chi connectivity index (χ1n) is 5.31. The molecule has 1 aromatic heterocycles. The van der Waals surface area contributed by atoms with Crippen molar-refractivity contribution >= 4 is 11.6 Å². The van der Waals surface area contributed by atoms with Gasteiger partial charge >= 0.3 is 0 Å². The standard InChI is InChI=1S/C12H12ClF2N3/c1-6-3-4-8(14)9(10(6)15)11(16)12-7(13)5-17-18(12)2/h3-5,11H,16H2,1-2H3. The van der Waals surface area contributed by atoms with E-state index >= 15 is 0 Å². The number of rotatable bonds is 2. The third-order valence-corrected chi connectivity index (χ3v) is 3.15. The molecule has 0 saturated heterocycles. The van der Waals surface area contributed by atoms with Gasteiger partial charge in [0.15, 0.2) is 0 Å². The van der Waals surface area contributed by atoms with Crippen molar-refractivity contribution in [3.8, 4) is 0 Å². The lowest BCUT2D eigenvalue weighted by Crippen LogP contribution is -2.19. The molecule has 0 aliphatic carbocycles. The fourth-order valence-electron chi connectivity index (χ4n) is 1.87. The summed E-state index contributed by atoms with van der Waals surface area (Å²) in [6.45, 7) is 1.55. The summed E-state index contributed by atoms with van der Waals surface area (Å²) in [5.74, 6) is -1.34. The Morgan fingerprint density at radius 1 is 1.39 bits per heavy atom. The zero-order chi connectivity index (χ0) is 13.4. The molecule has 2 rings (SSSR count). The first-order chi connectivity index (χ1) is 8.43. The number of nitrogens with two attached hydrogens (primary N) is 1. The quantitative estimate of drug-likeness (QED) is 0.913. The summed E-state index contributed by atoms with van der Waals surface area (Å²) in [6, 6.07) is 1.56. The predicted molar refractivity (Wildman–Crippen MR) is 65.3 cm³/mol. The van der Waals surface area contributed by atoms with Crippen LogP contribution in [-0.2, 0) is 7.05 Å². The average molecular weight is 272 g/mol. The van der Waals surface area contributed by atoms with Crippen LogP contribution in [0.15, 0.2) is 18.3 Å². The van der Waals surface area contributed by atoms with Crippen molar-refractivity contribution in [1.29, 1.82) is 0 Å². The van der Waals surface area contributed by atoms with Crippen LogP contribution in [-0.4, -0.2) is 9.78 Å². The van der Waals surface area contributed by atoms with E-state index in [-0.39, 0.29) is 10.6 Å². The minimum absolute atomic E-state index is 0.194. The van der Waals surface area contributed by atoms with Gasteiger partial charge in [0.05, 0.1) is 23.0 Å². The molecule has 0 aliphatic rings. The fourth-order valence-corrected chi connectivity index (χ4v) is 2.15. The van der Waals surface area contributed by atoms with Gasteiger partial charge in [0.2, 0.25) is 0 Å². The van der Waals surface area contributed by atoms with Gasteiger partial charge < -0.3 is 5.73 Å². The van der Waals surface area contributed by atoms with Gasteiger partial charge in [-0.1, -0.05) is 17.7 Å². The van der Waals surface area contributed by atoms with Crippen LogP contribution in [0.4, 0.5) is 8.78 Å². The van der Waals surface area contributed by atoms with E-state index in [1.165, 1.54) is 23.0 Å². The van der Waals surface area contributed by atoms with Gasteiger partial charge in [-0.2, -0.15) is 5.10 Å². The highest BCUT2D eigenvalue weighted by Crippen LogP contribution is 2.30. The van der Waals surface area contributed by atoms with E-state index in [0.717, 1.165) is 0 Å². The van der Waals surface area contributed by atoms with Crippen LogP contribution in [0.5, 0.6) is 0 Å². The van der Waals surface area contributed by atoms with Crippen molar-refractivity contribution in [2.24, 2.45) is 12.8 Å². The van der Waals surface area contributed by atoms with E-state index in [1.54, 1.807) is 14.0 Å². The largest absolute Gasteiger partial charge is 0.319 e. The van der Waals surface area contributed by atoms with Crippen LogP contribution in [0.2, 0.25) is 5.02 Å². The molecule has 0 saturated carbocycles. The fraction of sp³-hybridized carbons (Fsp3) is 0.250. The topological polar surface area (TPSA) is 43.8 Å². The molecule has 96 valence electrons. The van der Waals surface area contributed by atoms with Gasteiger partial charge in [0.1, 0.15) is 11.6 Å². The minimum atomic E-state index is -0.995. The zero-order valence-corrected chi connectivity index (χ0v) is 10.7. The lowest BCUT2D eigenvalue weighted by atomic mass is 10.0. The molecular formula is C12H12ClF2N3. The minimum Gasteiger partial charge on any atom is -0.319 e. The molecular weight excluding hydrogens is 260 g/mol. The molecule has 18 heavy (non-hydrogen) atoms. The Morgan fingerprint density at radius 3 is 2.61 bits per heavy atom. The van der Waals surface area contributed by atoms with Crippen molar-refractivity contribution in [1.82, 2.24) is 9.78 Å². The molecule has 0 fully saturated rings. The maximum Gasteiger partial charge on any atom is 0.134 e. The molecule has 1 aromatic carbocycles. The zero-order valence-electron chi connectivity index (χ0n) is 9.92. The SMILES string of the molecule is Cc1ccc(F)c(C(N)c2c(Cl)cnn2C)c1F. The monoisotopic (exact) mass is 271 g/mol. The summed E-state index contributed by atoms with van der Waals surface area (Å²) in [7, 11) is 1.62. The highest BCUT2D eigenvalue weighted by Gasteiger charge is 2.24. The second kappa shape index (κ2) is 4.66. The van der Waals surface area contributed by atoms with Crippen molar-refractivity contribution in [2.75, 3.05) is 0 Å². The molecule has 2 aromatic rings. The van der Waals surface area contributed by atoms with Crippen LogP contribution < -0.4 is 5.73 Å². The summed E-state index contributed by atoms with van der Waals surface area (Å²) in [5, 5.41) is 4.19. The van der Waals surface area contributed by atoms with Crippen LogP contribution in [0.25, 0.3) is 0 Å². The highest BCUT2D eigenvalue weighted by molar-refractivity contribution is 6.31. The first-order valence-corrected chi connectivity index (χ1v) is 5.68. The lowest BCUT2D eigenvalue weighted by molar-refractivity contribution is 0.529. The molecule has 3 nitrogen and oxygen atoms in total. The summed E-state index contributed by atoms with van der Waals surface area (Å²) in [5.41, 5.74) is 6.42. The molecule has 2 N–H and O–H groups in total. The Bertz CT molecular complexity index is 576. The number of halogens is 3. The van der Waals surface area contributed by atoms with Crippen LogP contribution >= 0.6 is 11.6 Å². The van der Waals surface area contributed by atoms with Crippen molar-refractivity contribution in [2.45, 2.75) is 13.0 Å². The average Bonchev–Trinajstić information content (AvgIpc) is 2.64. The van der Waals surface area contributed by atoms with E-state index in [9.17, 15) is 8.78 Å². The van der Waals surface area contributed by atoms with E-state index in [1.807, 2.05) is 0 Å². The number of benzene rings is 1. The second-order valence-corrected chi connectivity index (χ2v) is 4.48. The van der Waals surface area contributed by atoms with Crippen molar-refractivity contribution < 1.29 is 8.78 Å². The predicted octanol–water partition coefficient (Wildman–Crippen LogP) is 2.71. The number of hydrogen-bond donors (Lipinski definition) is 1. The van der Waals surface area contributed by atoms with E-state index in [2.05, 4.69) is 5.10 Å². The van der Waals surface area contributed by atoms with Crippen LogP contribution in [0.1, 0.15) is 22.9 Å². The molecule has 6 heteroatoms. The molecule has 0 aliphatic heterocycles. The Balaban J connectivity index is 2.60. The highest BCUT2D eigenvalue weighted by atomic mass is 35.5. The van der Waals surface area contributed by atoms with Gasteiger partial charge in [-0.3, -0.25) is 4.68 Å². The molecule has 0 bridgehead atoms. The smallest absolute Gasteiger partial charge is 0.134 e. The van der Waals surface area contributed by atoms with Crippen LogP contribution in [0.3, 0.4) is 0 Å². The van der Waals surface area contributed by atoms with E-state index in [4.69, 9.17) is 17.3 Å². The molecule has 1 heterocycles. The molecule has 1 unspecified atom stereocenters. The maximum atomic E-state index is 14.0. The summed E-state index contributed by atoms with van der Waals surface area (Å²) < 4.78 is 29.1. The van der Waals surface area contributed by atoms with E-state index < -0.39 is 17.7 Å². The number of hydrogen-bond acceptors (Lipinski definition) is 2. The lowest BCUT2D eigenvalue weighted by Gasteiger charge is -2.16. The second-order valence-electron chi connectivity index (χ2n) is 4.07. The van der Waals surface area contributed by atoms with Gasteiger partial charge in [0, 0.05) is 12.6 Å². The summed E-state index contributed by atoms with van der Waals surface area (Å²) >= 11 is 5.93. The van der Waals surface area contributed by atoms with Gasteiger partial charge in [-0.15, -0.1) is 0 Å². The van der Waals surface area contributed by atoms with E-state index in [0.29, 0.717) is 11.3 Å². The summed E-state index contributed by atoms with van der Waals surface area (Å²) in [4.78, 5) is 0.